The average Bonchev–Trinajstić information content (AvgIpc) is 3.28. The number of rotatable bonds is 5. The number of esters is 1. The molecule has 1 aromatic heterocycles. The minimum atomic E-state index is -0.854. The summed E-state index contributed by atoms with van der Waals surface area (Å²) >= 11 is 7.82. The summed E-state index contributed by atoms with van der Waals surface area (Å²) in [6.07, 6.45) is 0. The third kappa shape index (κ3) is 3.65. The van der Waals surface area contributed by atoms with E-state index in [1.807, 2.05) is 17.5 Å². The van der Waals surface area contributed by atoms with Crippen molar-refractivity contribution >= 4 is 46.4 Å². The third-order valence-electron chi connectivity index (χ3n) is 4.62. The van der Waals surface area contributed by atoms with Gasteiger partial charge in [-0.3, -0.25) is 14.4 Å². The maximum absolute atomic E-state index is 12.9. The van der Waals surface area contributed by atoms with Crippen LogP contribution >= 0.6 is 22.9 Å². The molecule has 0 fully saturated rings. The molecule has 0 bridgehead atoms. The Morgan fingerprint density at radius 2 is 1.67 bits per heavy atom. The zero-order chi connectivity index (χ0) is 21.3. The summed E-state index contributed by atoms with van der Waals surface area (Å²) in [6.45, 7) is -0.156. The Hall–Kier alpha value is -3.29. The zero-order valence-corrected chi connectivity index (χ0v) is 17.0. The van der Waals surface area contributed by atoms with Crippen molar-refractivity contribution in [3.63, 3.8) is 0 Å². The molecule has 3 aromatic rings. The van der Waals surface area contributed by atoms with Crippen molar-refractivity contribution in [2.24, 2.45) is 0 Å². The summed E-state index contributed by atoms with van der Waals surface area (Å²) < 4.78 is 5.03. The number of fused-ring (bicyclic) bond motifs is 2. The first kappa shape index (κ1) is 20.0. The van der Waals surface area contributed by atoms with Crippen molar-refractivity contribution < 1.29 is 23.9 Å². The second-order valence-electron chi connectivity index (χ2n) is 6.49. The first-order valence-corrected chi connectivity index (χ1v) is 10.2. The summed E-state index contributed by atoms with van der Waals surface area (Å²) in [6, 6.07) is 12.9. The fourth-order valence-electron chi connectivity index (χ4n) is 3.16. The number of benzene rings is 2. The van der Waals surface area contributed by atoms with Gasteiger partial charge in [-0.15, -0.1) is 11.3 Å². The maximum Gasteiger partial charge on any atom is 0.340 e. The molecule has 0 aliphatic heterocycles. The molecular weight excluding hydrogens is 426 g/mol. The lowest BCUT2D eigenvalue weighted by atomic mass is 9.83. The van der Waals surface area contributed by atoms with Gasteiger partial charge in [0, 0.05) is 21.6 Å². The highest BCUT2D eigenvalue weighted by molar-refractivity contribution is 7.09. The fraction of sp³-hybridized carbons (Fsp3) is 0.0909. The minimum Gasteiger partial charge on any atom is -0.452 e. The number of nitrogens with one attached hydrogen (secondary N) is 1. The Kier molecular flexibility index (Phi) is 5.48. The van der Waals surface area contributed by atoms with Crippen LogP contribution in [0.3, 0.4) is 0 Å². The molecule has 0 spiro atoms. The Morgan fingerprint density at radius 1 is 0.933 bits per heavy atom. The SMILES string of the molecule is O=C(COC(=O)c1ccc2c(c1Cl)C(=O)c1ccccc1C2=O)NCc1cccs1. The summed E-state index contributed by atoms with van der Waals surface area (Å²) in [5.41, 5.74) is 0.548. The molecule has 1 aliphatic rings. The van der Waals surface area contributed by atoms with E-state index in [1.54, 1.807) is 18.2 Å². The number of carbonyl (C=O) groups excluding carboxylic acids is 4. The second kappa shape index (κ2) is 8.22. The molecule has 1 heterocycles. The van der Waals surface area contributed by atoms with Crippen LogP contribution in [0.2, 0.25) is 5.02 Å². The molecule has 4 rings (SSSR count). The van der Waals surface area contributed by atoms with Crippen LogP contribution in [0.25, 0.3) is 0 Å². The molecule has 8 heteroatoms. The Balaban J connectivity index is 1.50. The van der Waals surface area contributed by atoms with Gasteiger partial charge in [0.05, 0.1) is 22.7 Å². The first-order valence-electron chi connectivity index (χ1n) is 8.94. The number of carbonyl (C=O) groups is 4. The van der Waals surface area contributed by atoms with Crippen molar-refractivity contribution in [3.05, 3.63) is 91.6 Å². The van der Waals surface area contributed by atoms with E-state index < -0.39 is 24.3 Å². The predicted octanol–water partition coefficient (Wildman–Crippen LogP) is 3.65. The molecule has 0 atom stereocenters. The van der Waals surface area contributed by atoms with E-state index in [1.165, 1.54) is 29.5 Å². The Morgan fingerprint density at radius 3 is 2.37 bits per heavy atom. The number of hydrogen-bond donors (Lipinski definition) is 1. The summed E-state index contributed by atoms with van der Waals surface area (Å²) in [5, 5.41) is 4.37. The van der Waals surface area contributed by atoms with Crippen molar-refractivity contribution in [2.75, 3.05) is 6.61 Å². The molecule has 0 unspecified atom stereocenters. The van der Waals surface area contributed by atoms with Crippen molar-refractivity contribution in [3.8, 4) is 0 Å². The minimum absolute atomic E-state index is 0.0306. The van der Waals surface area contributed by atoms with Crippen molar-refractivity contribution in [1.82, 2.24) is 5.32 Å². The number of amides is 1. The van der Waals surface area contributed by atoms with Gasteiger partial charge in [-0.25, -0.2) is 4.79 Å². The van der Waals surface area contributed by atoms with Crippen molar-refractivity contribution in [2.45, 2.75) is 6.54 Å². The van der Waals surface area contributed by atoms with Gasteiger partial charge in [0.1, 0.15) is 0 Å². The predicted molar refractivity (Wildman–Crippen MR) is 111 cm³/mol. The van der Waals surface area contributed by atoms with Gasteiger partial charge >= 0.3 is 5.97 Å². The van der Waals surface area contributed by atoms with E-state index in [-0.39, 0.29) is 33.1 Å². The molecule has 1 amide bonds. The molecule has 30 heavy (non-hydrogen) atoms. The average molecular weight is 440 g/mol. The first-order chi connectivity index (χ1) is 14.5. The zero-order valence-electron chi connectivity index (χ0n) is 15.4. The topological polar surface area (TPSA) is 89.5 Å². The smallest absolute Gasteiger partial charge is 0.340 e. The van der Waals surface area contributed by atoms with Gasteiger partial charge in [0.25, 0.3) is 5.91 Å². The summed E-state index contributed by atoms with van der Waals surface area (Å²) in [7, 11) is 0. The van der Waals surface area contributed by atoms with E-state index in [2.05, 4.69) is 5.32 Å². The molecule has 2 aromatic carbocycles. The lowest BCUT2D eigenvalue weighted by Crippen LogP contribution is -2.28. The lowest BCUT2D eigenvalue weighted by Gasteiger charge is -2.19. The van der Waals surface area contributed by atoms with E-state index in [9.17, 15) is 19.2 Å². The van der Waals surface area contributed by atoms with Crippen LogP contribution in [0.1, 0.15) is 47.1 Å². The van der Waals surface area contributed by atoms with Crippen LogP contribution in [-0.4, -0.2) is 30.0 Å². The molecule has 150 valence electrons. The van der Waals surface area contributed by atoms with E-state index in [0.29, 0.717) is 12.1 Å². The largest absolute Gasteiger partial charge is 0.452 e. The van der Waals surface area contributed by atoms with E-state index in [0.717, 1.165) is 4.88 Å². The van der Waals surface area contributed by atoms with Crippen LogP contribution in [-0.2, 0) is 16.1 Å². The molecule has 0 radical (unpaired) electrons. The third-order valence-corrected chi connectivity index (χ3v) is 5.89. The second-order valence-corrected chi connectivity index (χ2v) is 7.90. The highest BCUT2D eigenvalue weighted by Crippen LogP contribution is 2.34. The Bertz CT molecular complexity index is 1190. The molecule has 0 saturated heterocycles. The number of ketones is 2. The standard InChI is InChI=1S/C22H14ClNO5S/c23-19-16(22(28)29-11-17(25)24-10-12-4-3-9-30-12)8-7-15-18(19)21(27)14-6-2-1-5-13(14)20(15)26/h1-9H,10-11H2,(H,24,25). The normalized spacial score (nSPS) is 12.2. The van der Waals surface area contributed by atoms with Gasteiger partial charge in [0.15, 0.2) is 18.2 Å². The molecule has 6 nitrogen and oxygen atoms in total. The van der Waals surface area contributed by atoms with E-state index >= 15 is 0 Å². The van der Waals surface area contributed by atoms with Crippen LogP contribution in [0, 0.1) is 0 Å². The van der Waals surface area contributed by atoms with E-state index in [4.69, 9.17) is 16.3 Å². The molecule has 0 saturated carbocycles. The lowest BCUT2D eigenvalue weighted by molar-refractivity contribution is -0.124. The van der Waals surface area contributed by atoms with Crippen LogP contribution in [0.4, 0.5) is 0 Å². The van der Waals surface area contributed by atoms with Gasteiger partial charge in [-0.2, -0.15) is 0 Å². The van der Waals surface area contributed by atoms with Gasteiger partial charge < -0.3 is 10.1 Å². The number of thiophene rings is 1. The van der Waals surface area contributed by atoms with Gasteiger partial charge in [-0.05, 0) is 23.6 Å². The van der Waals surface area contributed by atoms with Crippen LogP contribution in [0.15, 0.2) is 53.9 Å². The molecular formula is C22H14ClNO5S. The summed E-state index contributed by atoms with van der Waals surface area (Å²) in [5.74, 6) is -2.09. The number of ether oxygens (including phenoxy) is 1. The monoisotopic (exact) mass is 439 g/mol. The Labute approximate surface area is 180 Å². The van der Waals surface area contributed by atoms with Crippen molar-refractivity contribution in [1.29, 1.82) is 0 Å². The van der Waals surface area contributed by atoms with Crippen LogP contribution < -0.4 is 5.32 Å². The van der Waals surface area contributed by atoms with Gasteiger partial charge in [-0.1, -0.05) is 41.9 Å². The quantitative estimate of drug-likeness (QED) is 0.479. The highest BCUT2D eigenvalue weighted by atomic mass is 35.5. The molecule has 1 N–H and O–H groups in total. The van der Waals surface area contributed by atoms with Crippen LogP contribution in [0.5, 0.6) is 0 Å². The number of hydrogen-bond acceptors (Lipinski definition) is 6. The summed E-state index contributed by atoms with van der Waals surface area (Å²) in [4.78, 5) is 50.9. The number of halogens is 1. The maximum atomic E-state index is 12.9. The fourth-order valence-corrected chi connectivity index (χ4v) is 4.13. The highest BCUT2D eigenvalue weighted by Gasteiger charge is 2.33. The van der Waals surface area contributed by atoms with Gasteiger partial charge in [0.2, 0.25) is 0 Å². The molecule has 1 aliphatic carbocycles.